The lowest BCUT2D eigenvalue weighted by Gasteiger charge is -2.42. The SMILES string of the molecule is CCCCCCC/C=C\CCCCCCCC(=O)OC(COCCCCCCCCCCCCCCCC)COC1OC(COC2OC(CO)C(O)C(O)C2O)C(O)C(O)C1O. The third kappa shape index (κ3) is 24.9. The van der Waals surface area contributed by atoms with Gasteiger partial charge in [0.1, 0.15) is 54.9 Å². The van der Waals surface area contributed by atoms with Gasteiger partial charge in [0, 0.05) is 13.0 Å². The topological polar surface area (TPSA) is 214 Å². The summed E-state index contributed by atoms with van der Waals surface area (Å²) in [6.45, 7) is 3.68. The van der Waals surface area contributed by atoms with Crippen LogP contribution in [-0.2, 0) is 33.2 Å². The van der Waals surface area contributed by atoms with Crippen molar-refractivity contribution >= 4 is 5.97 Å². The molecule has 11 atom stereocenters. The van der Waals surface area contributed by atoms with Crippen LogP contribution >= 0.6 is 0 Å². The van der Waals surface area contributed by atoms with Crippen LogP contribution in [0.3, 0.4) is 0 Å². The van der Waals surface area contributed by atoms with Crippen molar-refractivity contribution in [2.45, 2.75) is 255 Å². The quantitative estimate of drug-likeness (QED) is 0.0195. The van der Waals surface area contributed by atoms with Crippen LogP contribution in [0.1, 0.15) is 187 Å². The van der Waals surface area contributed by atoms with Gasteiger partial charge >= 0.3 is 5.97 Å². The molecule has 0 saturated carbocycles. The second-order valence-electron chi connectivity index (χ2n) is 17.6. The second kappa shape index (κ2) is 36.9. The molecule has 62 heavy (non-hydrogen) atoms. The van der Waals surface area contributed by atoms with Crippen LogP contribution in [0.2, 0.25) is 0 Å². The summed E-state index contributed by atoms with van der Waals surface area (Å²) in [5.41, 5.74) is 0. The molecule has 11 unspecified atom stereocenters. The van der Waals surface area contributed by atoms with Gasteiger partial charge in [0.2, 0.25) is 0 Å². The largest absolute Gasteiger partial charge is 0.457 e. The molecule has 0 spiro atoms. The summed E-state index contributed by atoms with van der Waals surface area (Å²) < 4.78 is 34.2. The van der Waals surface area contributed by atoms with E-state index in [0.29, 0.717) is 13.0 Å². The maximum Gasteiger partial charge on any atom is 0.306 e. The van der Waals surface area contributed by atoms with Crippen LogP contribution < -0.4 is 0 Å². The van der Waals surface area contributed by atoms with E-state index in [1.165, 1.54) is 103 Å². The summed E-state index contributed by atoms with van der Waals surface area (Å²) >= 11 is 0. The van der Waals surface area contributed by atoms with Gasteiger partial charge in [-0.3, -0.25) is 4.79 Å². The third-order valence-corrected chi connectivity index (χ3v) is 12.0. The average molecular weight is 891 g/mol. The van der Waals surface area contributed by atoms with E-state index in [1.54, 1.807) is 0 Å². The molecule has 2 aliphatic rings. The number of allylic oxidation sites excluding steroid dienone is 2. The van der Waals surface area contributed by atoms with Crippen LogP contribution in [0.5, 0.6) is 0 Å². The lowest BCUT2D eigenvalue weighted by atomic mass is 9.98. The normalized spacial score (nSPS) is 27.2. The second-order valence-corrected chi connectivity index (χ2v) is 17.6. The molecule has 0 aromatic carbocycles. The molecule has 14 nitrogen and oxygen atoms in total. The lowest BCUT2D eigenvalue weighted by molar-refractivity contribution is -0.332. The number of aliphatic hydroxyl groups excluding tert-OH is 7. The Morgan fingerprint density at radius 3 is 1.47 bits per heavy atom. The van der Waals surface area contributed by atoms with E-state index in [9.17, 15) is 40.5 Å². The molecule has 0 amide bonds. The van der Waals surface area contributed by atoms with Gasteiger partial charge in [-0.15, -0.1) is 0 Å². The molecule has 7 N–H and O–H groups in total. The van der Waals surface area contributed by atoms with Crippen molar-refractivity contribution in [1.82, 2.24) is 0 Å². The van der Waals surface area contributed by atoms with Gasteiger partial charge < -0.3 is 64.2 Å². The number of hydrogen-bond donors (Lipinski definition) is 7. The number of hydrogen-bond acceptors (Lipinski definition) is 14. The van der Waals surface area contributed by atoms with E-state index >= 15 is 0 Å². The van der Waals surface area contributed by atoms with E-state index in [-0.39, 0.29) is 25.6 Å². The number of ether oxygens (including phenoxy) is 6. The van der Waals surface area contributed by atoms with Crippen LogP contribution in [0.4, 0.5) is 0 Å². The van der Waals surface area contributed by atoms with E-state index in [0.717, 1.165) is 57.8 Å². The lowest BCUT2D eigenvalue weighted by Crippen LogP contribution is -2.61. The number of aliphatic hydroxyl groups is 7. The smallest absolute Gasteiger partial charge is 0.306 e. The van der Waals surface area contributed by atoms with Crippen LogP contribution in [-0.4, -0.2) is 142 Å². The van der Waals surface area contributed by atoms with Crippen molar-refractivity contribution in [2.24, 2.45) is 0 Å². The molecule has 0 radical (unpaired) electrons. The van der Waals surface area contributed by atoms with Gasteiger partial charge in [-0.2, -0.15) is 0 Å². The van der Waals surface area contributed by atoms with Crippen LogP contribution in [0.15, 0.2) is 12.2 Å². The monoisotopic (exact) mass is 891 g/mol. The Morgan fingerprint density at radius 2 is 0.952 bits per heavy atom. The maximum absolute atomic E-state index is 13.0. The first-order valence-electron chi connectivity index (χ1n) is 24.8. The molecule has 2 rings (SSSR count). The van der Waals surface area contributed by atoms with Crippen molar-refractivity contribution in [3.63, 3.8) is 0 Å². The molecule has 366 valence electrons. The van der Waals surface area contributed by atoms with Crippen molar-refractivity contribution in [1.29, 1.82) is 0 Å². The minimum absolute atomic E-state index is 0.0636. The van der Waals surface area contributed by atoms with Gasteiger partial charge in [-0.1, -0.05) is 154 Å². The van der Waals surface area contributed by atoms with E-state index in [2.05, 4.69) is 26.0 Å². The van der Waals surface area contributed by atoms with Crippen molar-refractivity contribution in [3.05, 3.63) is 12.2 Å². The Kier molecular flexibility index (Phi) is 33.8. The highest BCUT2D eigenvalue weighted by Crippen LogP contribution is 2.26. The van der Waals surface area contributed by atoms with E-state index < -0.39 is 80.7 Å². The Bertz CT molecular complexity index is 1080. The van der Waals surface area contributed by atoms with E-state index in [4.69, 9.17) is 28.4 Å². The Balaban J connectivity index is 1.79. The summed E-state index contributed by atoms with van der Waals surface area (Å²) in [5, 5.41) is 72.0. The summed E-state index contributed by atoms with van der Waals surface area (Å²) in [6.07, 6.45) is 19.9. The molecule has 0 aromatic rings. The Hall–Kier alpha value is -1.27. The van der Waals surface area contributed by atoms with Crippen molar-refractivity contribution in [2.75, 3.05) is 33.0 Å². The molecule has 2 aliphatic heterocycles. The number of rotatable bonds is 39. The first-order chi connectivity index (χ1) is 30.1. The fraction of sp³-hybridized carbons (Fsp3) is 0.938. The number of esters is 1. The summed E-state index contributed by atoms with van der Waals surface area (Å²) in [5.74, 6) is -0.382. The highest BCUT2D eigenvalue weighted by atomic mass is 16.7. The highest BCUT2D eigenvalue weighted by Gasteiger charge is 2.47. The van der Waals surface area contributed by atoms with Crippen molar-refractivity contribution in [3.8, 4) is 0 Å². The van der Waals surface area contributed by atoms with Gasteiger partial charge in [0.15, 0.2) is 12.6 Å². The first-order valence-corrected chi connectivity index (χ1v) is 24.8. The summed E-state index contributed by atoms with van der Waals surface area (Å²) in [6, 6.07) is 0. The Morgan fingerprint density at radius 1 is 0.516 bits per heavy atom. The molecule has 2 saturated heterocycles. The predicted octanol–water partition coefficient (Wildman–Crippen LogP) is 6.68. The number of carbonyl (C=O) groups excluding carboxylic acids is 1. The molecule has 2 fully saturated rings. The van der Waals surface area contributed by atoms with Gasteiger partial charge in [-0.05, 0) is 38.5 Å². The molecule has 14 heteroatoms. The third-order valence-electron chi connectivity index (χ3n) is 12.0. The minimum Gasteiger partial charge on any atom is -0.457 e. The molecular formula is C48H90O14. The standard InChI is InChI=1S/C48H90O14/c1-3-5-7-9-11-13-15-17-19-21-23-25-27-29-31-40(50)60-37(34-57-32-30-28-26-24-22-20-18-16-14-12-10-8-6-4-2)35-58-47-46(56)44(54)42(52)39(62-47)36-59-48-45(55)43(53)41(51)38(33-49)61-48/h15,17,37-39,41-49,51-56H,3-14,16,18-36H2,1-2H3/b17-15-. The zero-order chi connectivity index (χ0) is 45.2. The number of carbonyl (C=O) groups is 1. The van der Waals surface area contributed by atoms with Crippen molar-refractivity contribution < 1.29 is 69.0 Å². The summed E-state index contributed by atoms with van der Waals surface area (Å²) in [4.78, 5) is 13.0. The highest BCUT2D eigenvalue weighted by molar-refractivity contribution is 5.69. The van der Waals surface area contributed by atoms with Crippen LogP contribution in [0.25, 0.3) is 0 Å². The van der Waals surface area contributed by atoms with Crippen LogP contribution in [0, 0.1) is 0 Å². The average Bonchev–Trinajstić information content (AvgIpc) is 3.27. The van der Waals surface area contributed by atoms with Gasteiger partial charge in [-0.25, -0.2) is 0 Å². The minimum atomic E-state index is -1.70. The zero-order valence-electron chi connectivity index (χ0n) is 38.6. The zero-order valence-corrected chi connectivity index (χ0v) is 38.6. The fourth-order valence-corrected chi connectivity index (χ4v) is 7.93. The van der Waals surface area contributed by atoms with Gasteiger partial charge in [0.25, 0.3) is 0 Å². The summed E-state index contributed by atoms with van der Waals surface area (Å²) in [7, 11) is 0. The predicted molar refractivity (Wildman–Crippen MR) is 238 cm³/mol. The molecule has 0 bridgehead atoms. The molecule has 0 aliphatic carbocycles. The first kappa shape index (κ1) is 56.9. The maximum atomic E-state index is 13.0. The molecule has 2 heterocycles. The van der Waals surface area contributed by atoms with E-state index in [1.807, 2.05) is 0 Å². The Labute approximate surface area is 374 Å². The number of unbranched alkanes of at least 4 members (excludes halogenated alkanes) is 23. The fourth-order valence-electron chi connectivity index (χ4n) is 7.93. The molecule has 0 aromatic heterocycles. The molecular weight excluding hydrogens is 801 g/mol. The van der Waals surface area contributed by atoms with Gasteiger partial charge in [0.05, 0.1) is 26.4 Å².